The van der Waals surface area contributed by atoms with Crippen LogP contribution in [0.15, 0.2) is 12.4 Å². The quantitative estimate of drug-likeness (QED) is 0.533. The molecule has 0 aliphatic carbocycles. The zero-order valence-electron chi connectivity index (χ0n) is 3.81. The summed E-state index contributed by atoms with van der Waals surface area (Å²) >= 11 is 0. The number of rotatable bonds is 1. The van der Waals surface area contributed by atoms with Crippen molar-refractivity contribution < 1.29 is 0 Å². The predicted octanol–water partition coefficient (Wildman–Crippen LogP) is 0.193. The molecule has 1 radical (unpaired) electrons. The number of hydrogen-bond donors (Lipinski definition) is 1. The van der Waals surface area contributed by atoms with E-state index in [0.717, 1.165) is 5.82 Å². The summed E-state index contributed by atoms with van der Waals surface area (Å²) in [5.41, 5.74) is 6.77. The van der Waals surface area contributed by atoms with Crippen molar-refractivity contribution in [2.24, 2.45) is 0 Å². The zero-order chi connectivity index (χ0) is 5.11. The molecule has 7 heavy (non-hydrogen) atoms. The second kappa shape index (κ2) is 1.75. The maximum Gasteiger partial charge on any atom is 0.121 e. The molecule has 0 amide bonds. The Hall–Kier alpha value is -0.830. The fraction of sp³-hybridized carbons (Fsp3) is 0.250. The van der Waals surface area contributed by atoms with Gasteiger partial charge in [0.25, 0.3) is 0 Å². The van der Waals surface area contributed by atoms with Crippen LogP contribution in [0, 0.1) is 0 Å². The summed E-state index contributed by atoms with van der Waals surface area (Å²) in [4.78, 5) is 6.58. The first kappa shape index (κ1) is 4.33. The maximum absolute atomic E-state index is 6.77. The average molecular weight is 96.1 g/mol. The lowest BCUT2D eigenvalue weighted by atomic mass is 10.6. The Labute approximate surface area is 41.6 Å². The largest absolute Gasteiger partial charge is 0.347 e. The lowest BCUT2D eigenvalue weighted by Gasteiger charge is -1.79. The molecule has 1 rings (SSSR count). The normalized spacial score (nSPS) is 9.29. The number of hydrogen-bond acceptors (Lipinski definition) is 1. The highest BCUT2D eigenvalue weighted by Gasteiger charge is 1.83. The van der Waals surface area contributed by atoms with E-state index in [1.165, 1.54) is 0 Å². The minimum absolute atomic E-state index is 0.243. The van der Waals surface area contributed by atoms with Gasteiger partial charge in [-0.1, -0.05) is 0 Å². The van der Waals surface area contributed by atoms with Crippen LogP contribution in [0.5, 0.6) is 0 Å². The van der Waals surface area contributed by atoms with Gasteiger partial charge >= 0.3 is 0 Å². The number of nitrogens with zero attached hydrogens (tertiary/aromatic N) is 1. The number of nitrogens with one attached hydrogen (secondary N) is 2. The van der Waals surface area contributed by atoms with Crippen molar-refractivity contribution in [2.75, 3.05) is 0 Å². The third kappa shape index (κ3) is 0.778. The van der Waals surface area contributed by atoms with Gasteiger partial charge in [0.05, 0.1) is 6.54 Å². The van der Waals surface area contributed by atoms with Crippen molar-refractivity contribution in [3.63, 3.8) is 0 Å². The summed E-state index contributed by atoms with van der Waals surface area (Å²) in [7, 11) is 0. The van der Waals surface area contributed by atoms with Gasteiger partial charge in [0, 0.05) is 12.4 Å². The Morgan fingerprint density at radius 2 is 2.71 bits per heavy atom. The van der Waals surface area contributed by atoms with Gasteiger partial charge in [-0.2, -0.15) is 0 Å². The molecule has 3 heteroatoms. The summed E-state index contributed by atoms with van der Waals surface area (Å²) in [5, 5.41) is 0. The molecular formula is C4H6N3. The fourth-order valence-corrected chi connectivity index (χ4v) is 0.395. The van der Waals surface area contributed by atoms with Crippen LogP contribution in [0.2, 0.25) is 0 Å². The predicted molar refractivity (Wildman–Crippen MR) is 25.4 cm³/mol. The zero-order valence-corrected chi connectivity index (χ0v) is 3.81. The first-order valence-electron chi connectivity index (χ1n) is 2.06. The monoisotopic (exact) mass is 96.1 g/mol. The summed E-state index contributed by atoms with van der Waals surface area (Å²) in [6, 6.07) is 0. The van der Waals surface area contributed by atoms with Gasteiger partial charge < -0.3 is 4.98 Å². The molecule has 3 nitrogen and oxygen atoms in total. The highest BCUT2D eigenvalue weighted by atomic mass is 14.9. The Bertz CT molecular complexity index is 121. The number of imidazole rings is 1. The van der Waals surface area contributed by atoms with Gasteiger partial charge in [0.1, 0.15) is 5.82 Å². The minimum atomic E-state index is 0.243. The molecule has 0 aromatic carbocycles. The van der Waals surface area contributed by atoms with Crippen LogP contribution in [0.4, 0.5) is 0 Å². The van der Waals surface area contributed by atoms with Crippen LogP contribution in [-0.2, 0) is 6.54 Å². The Kier molecular flexibility index (Phi) is 1.08. The second-order valence-corrected chi connectivity index (χ2v) is 1.21. The highest BCUT2D eigenvalue weighted by Crippen LogP contribution is 1.82. The number of aromatic nitrogens is 2. The Balaban J connectivity index is 2.76. The fourth-order valence-electron chi connectivity index (χ4n) is 0.395. The van der Waals surface area contributed by atoms with Gasteiger partial charge in [-0.05, 0) is 0 Å². The molecular weight excluding hydrogens is 90.1 g/mol. The molecule has 0 unspecified atom stereocenters. The van der Waals surface area contributed by atoms with E-state index < -0.39 is 0 Å². The van der Waals surface area contributed by atoms with E-state index in [-0.39, 0.29) is 6.54 Å². The van der Waals surface area contributed by atoms with E-state index >= 15 is 0 Å². The van der Waals surface area contributed by atoms with Gasteiger partial charge in [-0.3, -0.25) is 0 Å². The highest BCUT2D eigenvalue weighted by molar-refractivity contribution is 4.84. The van der Waals surface area contributed by atoms with E-state index in [4.69, 9.17) is 5.73 Å². The first-order valence-corrected chi connectivity index (χ1v) is 2.06. The van der Waals surface area contributed by atoms with Crippen molar-refractivity contribution in [1.82, 2.24) is 15.7 Å². The molecule has 0 saturated heterocycles. The third-order valence-corrected chi connectivity index (χ3v) is 0.722. The Morgan fingerprint density at radius 3 is 3.00 bits per heavy atom. The molecule has 37 valence electrons. The molecule has 1 heterocycles. The lowest BCUT2D eigenvalue weighted by Crippen LogP contribution is -1.84. The van der Waals surface area contributed by atoms with E-state index in [1.807, 2.05) is 0 Å². The van der Waals surface area contributed by atoms with Crippen molar-refractivity contribution >= 4 is 0 Å². The molecule has 0 atom stereocenters. The third-order valence-electron chi connectivity index (χ3n) is 0.722. The molecule has 2 N–H and O–H groups in total. The van der Waals surface area contributed by atoms with Crippen LogP contribution in [0.3, 0.4) is 0 Å². The molecule has 1 aromatic heterocycles. The van der Waals surface area contributed by atoms with Crippen LogP contribution in [0.25, 0.3) is 0 Å². The van der Waals surface area contributed by atoms with Crippen molar-refractivity contribution in [2.45, 2.75) is 6.54 Å². The van der Waals surface area contributed by atoms with Crippen molar-refractivity contribution in [3.8, 4) is 0 Å². The van der Waals surface area contributed by atoms with Crippen LogP contribution >= 0.6 is 0 Å². The molecule has 0 saturated carbocycles. The van der Waals surface area contributed by atoms with Gasteiger partial charge in [-0.25, -0.2) is 10.7 Å². The summed E-state index contributed by atoms with van der Waals surface area (Å²) in [6.45, 7) is 0.243. The van der Waals surface area contributed by atoms with Gasteiger partial charge in [-0.15, -0.1) is 0 Å². The maximum atomic E-state index is 6.77. The molecule has 0 fully saturated rings. The molecule has 0 aliphatic heterocycles. The van der Waals surface area contributed by atoms with E-state index in [1.54, 1.807) is 12.4 Å². The molecule has 0 aliphatic rings. The van der Waals surface area contributed by atoms with Crippen molar-refractivity contribution in [1.29, 1.82) is 0 Å². The molecule has 1 aromatic rings. The minimum Gasteiger partial charge on any atom is -0.347 e. The molecule has 0 spiro atoms. The topological polar surface area (TPSA) is 52.5 Å². The van der Waals surface area contributed by atoms with Crippen LogP contribution in [-0.4, -0.2) is 9.97 Å². The number of H-pyrrole nitrogens is 1. The van der Waals surface area contributed by atoms with E-state index in [0.29, 0.717) is 0 Å². The summed E-state index contributed by atoms with van der Waals surface area (Å²) in [5.74, 6) is 0.722. The van der Waals surface area contributed by atoms with Gasteiger partial charge in [0.2, 0.25) is 0 Å². The first-order chi connectivity index (χ1) is 3.43. The van der Waals surface area contributed by atoms with Crippen LogP contribution in [0.1, 0.15) is 5.82 Å². The lowest BCUT2D eigenvalue weighted by molar-refractivity contribution is 0.922. The van der Waals surface area contributed by atoms with Crippen molar-refractivity contribution in [3.05, 3.63) is 18.2 Å². The summed E-state index contributed by atoms with van der Waals surface area (Å²) in [6.07, 6.45) is 3.35. The molecule has 0 bridgehead atoms. The van der Waals surface area contributed by atoms with E-state index in [2.05, 4.69) is 9.97 Å². The average Bonchev–Trinajstić information content (AvgIpc) is 2.14. The van der Waals surface area contributed by atoms with E-state index in [9.17, 15) is 0 Å². The van der Waals surface area contributed by atoms with Gasteiger partial charge in [0.15, 0.2) is 0 Å². The van der Waals surface area contributed by atoms with Crippen LogP contribution < -0.4 is 5.73 Å². The standard InChI is InChI=1S/C4H6N3/c5-3-4-6-1-2-7-4/h1-2,5H,3H2,(H,6,7). The Morgan fingerprint density at radius 1 is 1.86 bits per heavy atom. The number of aromatic amines is 1. The smallest absolute Gasteiger partial charge is 0.121 e. The second-order valence-electron chi connectivity index (χ2n) is 1.21. The summed E-state index contributed by atoms with van der Waals surface area (Å²) < 4.78 is 0. The SMILES string of the molecule is [NH]Cc1ncc[nH]1.